The SMILES string of the molecule is Cn1c(CCNC(=O)C2(c3ccccc3)CCC2)nc2cc(F)ccc21. The third-order valence-electron chi connectivity index (χ3n) is 5.54. The molecule has 1 aromatic heterocycles. The number of fused-ring (bicyclic) bond motifs is 1. The average Bonchev–Trinajstić information content (AvgIpc) is 2.90. The van der Waals surface area contributed by atoms with E-state index in [1.54, 1.807) is 6.07 Å². The van der Waals surface area contributed by atoms with Crippen LogP contribution >= 0.6 is 0 Å². The molecular weight excluding hydrogens is 329 g/mol. The summed E-state index contributed by atoms with van der Waals surface area (Å²) in [7, 11) is 1.92. The van der Waals surface area contributed by atoms with Gasteiger partial charge in [-0.1, -0.05) is 36.8 Å². The number of nitrogens with one attached hydrogen (secondary N) is 1. The summed E-state index contributed by atoms with van der Waals surface area (Å²) in [5.41, 5.74) is 2.26. The van der Waals surface area contributed by atoms with Gasteiger partial charge in [0.05, 0.1) is 16.4 Å². The van der Waals surface area contributed by atoms with E-state index in [-0.39, 0.29) is 17.1 Å². The first-order valence-corrected chi connectivity index (χ1v) is 9.05. The molecule has 0 radical (unpaired) electrons. The first-order chi connectivity index (χ1) is 12.6. The van der Waals surface area contributed by atoms with E-state index in [1.807, 2.05) is 41.9 Å². The Morgan fingerprint density at radius 2 is 2.00 bits per heavy atom. The van der Waals surface area contributed by atoms with Crippen molar-refractivity contribution in [3.8, 4) is 0 Å². The smallest absolute Gasteiger partial charge is 0.230 e. The van der Waals surface area contributed by atoms with Crippen molar-refractivity contribution in [1.29, 1.82) is 0 Å². The summed E-state index contributed by atoms with van der Waals surface area (Å²) in [5.74, 6) is 0.651. The highest BCUT2D eigenvalue weighted by Crippen LogP contribution is 2.43. The van der Waals surface area contributed by atoms with Gasteiger partial charge in [0.25, 0.3) is 0 Å². The van der Waals surface area contributed by atoms with E-state index in [0.717, 1.165) is 36.2 Å². The molecule has 1 heterocycles. The van der Waals surface area contributed by atoms with Crippen LogP contribution in [0.5, 0.6) is 0 Å². The molecule has 0 spiro atoms. The highest BCUT2D eigenvalue weighted by Gasteiger charge is 2.45. The zero-order valence-corrected chi connectivity index (χ0v) is 14.8. The Morgan fingerprint density at radius 3 is 2.69 bits per heavy atom. The van der Waals surface area contributed by atoms with Gasteiger partial charge in [-0.25, -0.2) is 9.37 Å². The summed E-state index contributed by atoms with van der Waals surface area (Å²) in [4.78, 5) is 17.3. The molecule has 0 aliphatic heterocycles. The van der Waals surface area contributed by atoms with Crippen molar-refractivity contribution >= 4 is 16.9 Å². The zero-order valence-electron chi connectivity index (χ0n) is 14.8. The molecule has 1 saturated carbocycles. The van der Waals surface area contributed by atoms with Crippen LogP contribution in [0.1, 0.15) is 30.7 Å². The van der Waals surface area contributed by atoms with Gasteiger partial charge < -0.3 is 9.88 Å². The highest BCUT2D eigenvalue weighted by atomic mass is 19.1. The van der Waals surface area contributed by atoms with E-state index in [9.17, 15) is 9.18 Å². The Labute approximate surface area is 152 Å². The molecule has 1 aliphatic rings. The summed E-state index contributed by atoms with van der Waals surface area (Å²) in [5, 5.41) is 3.09. The minimum absolute atomic E-state index is 0.0970. The molecule has 1 N–H and O–H groups in total. The van der Waals surface area contributed by atoms with Gasteiger partial charge in [-0.2, -0.15) is 0 Å². The lowest BCUT2D eigenvalue weighted by atomic mass is 9.64. The van der Waals surface area contributed by atoms with Gasteiger partial charge in [-0.15, -0.1) is 0 Å². The Balaban J connectivity index is 1.45. The molecule has 134 valence electrons. The fourth-order valence-corrected chi connectivity index (χ4v) is 3.84. The Bertz CT molecular complexity index is 945. The molecule has 0 atom stereocenters. The quantitative estimate of drug-likeness (QED) is 0.765. The third-order valence-corrected chi connectivity index (χ3v) is 5.54. The fraction of sp³-hybridized carbons (Fsp3) is 0.333. The molecule has 1 fully saturated rings. The standard InChI is InChI=1S/C21H22FN3O/c1-25-18-9-8-16(22)14-17(18)24-19(25)10-13-23-20(26)21(11-5-12-21)15-6-3-2-4-7-15/h2-4,6-9,14H,5,10-13H2,1H3,(H,23,26). The lowest BCUT2D eigenvalue weighted by molar-refractivity contribution is -0.129. The summed E-state index contributed by atoms with van der Waals surface area (Å²) in [6.45, 7) is 0.521. The highest BCUT2D eigenvalue weighted by molar-refractivity contribution is 5.89. The maximum atomic E-state index is 13.4. The van der Waals surface area contributed by atoms with Gasteiger partial charge in [0.2, 0.25) is 5.91 Å². The number of carbonyl (C=O) groups excluding carboxylic acids is 1. The van der Waals surface area contributed by atoms with Crippen molar-refractivity contribution in [3.63, 3.8) is 0 Å². The lowest BCUT2D eigenvalue weighted by Crippen LogP contribution is -2.49. The van der Waals surface area contributed by atoms with Gasteiger partial charge in [-0.05, 0) is 30.5 Å². The fourth-order valence-electron chi connectivity index (χ4n) is 3.84. The maximum Gasteiger partial charge on any atom is 0.230 e. The van der Waals surface area contributed by atoms with E-state index in [1.165, 1.54) is 12.1 Å². The van der Waals surface area contributed by atoms with Gasteiger partial charge in [0.1, 0.15) is 11.6 Å². The van der Waals surface area contributed by atoms with Gasteiger partial charge in [-0.3, -0.25) is 4.79 Å². The van der Waals surface area contributed by atoms with Gasteiger partial charge in [0.15, 0.2) is 0 Å². The number of imidazole rings is 1. The predicted molar refractivity (Wildman–Crippen MR) is 99.4 cm³/mol. The molecule has 0 saturated heterocycles. The monoisotopic (exact) mass is 351 g/mol. The second kappa shape index (κ2) is 6.56. The molecular formula is C21H22FN3O. The topological polar surface area (TPSA) is 46.9 Å². The molecule has 1 amide bonds. The second-order valence-corrected chi connectivity index (χ2v) is 7.03. The first-order valence-electron chi connectivity index (χ1n) is 9.05. The number of aryl methyl sites for hydroxylation is 1. The molecule has 4 nitrogen and oxygen atoms in total. The van der Waals surface area contributed by atoms with Crippen LogP contribution in [-0.4, -0.2) is 22.0 Å². The molecule has 1 aliphatic carbocycles. The van der Waals surface area contributed by atoms with Crippen LogP contribution in [0.4, 0.5) is 4.39 Å². The van der Waals surface area contributed by atoms with E-state index < -0.39 is 0 Å². The van der Waals surface area contributed by atoms with Crippen LogP contribution in [0.15, 0.2) is 48.5 Å². The number of rotatable bonds is 5. The molecule has 5 heteroatoms. The van der Waals surface area contributed by atoms with Gasteiger partial charge >= 0.3 is 0 Å². The number of aromatic nitrogens is 2. The van der Waals surface area contributed by atoms with Crippen LogP contribution in [0.3, 0.4) is 0 Å². The number of carbonyl (C=O) groups is 1. The number of nitrogens with zero attached hydrogens (tertiary/aromatic N) is 2. The number of hydrogen-bond donors (Lipinski definition) is 1. The number of halogens is 1. The van der Waals surface area contributed by atoms with Crippen molar-refractivity contribution in [3.05, 3.63) is 65.7 Å². The molecule has 2 aromatic carbocycles. The van der Waals surface area contributed by atoms with Crippen molar-refractivity contribution < 1.29 is 9.18 Å². The van der Waals surface area contributed by atoms with Crippen molar-refractivity contribution in [2.45, 2.75) is 31.1 Å². The Morgan fingerprint density at radius 1 is 1.23 bits per heavy atom. The molecule has 26 heavy (non-hydrogen) atoms. The second-order valence-electron chi connectivity index (χ2n) is 7.03. The molecule has 4 rings (SSSR count). The maximum absolute atomic E-state index is 13.4. The summed E-state index contributed by atoms with van der Waals surface area (Å²) in [6, 6.07) is 14.6. The Hall–Kier alpha value is -2.69. The lowest BCUT2D eigenvalue weighted by Gasteiger charge is -2.40. The summed E-state index contributed by atoms with van der Waals surface area (Å²) >= 11 is 0. The van der Waals surface area contributed by atoms with Crippen LogP contribution in [0.2, 0.25) is 0 Å². The molecule has 0 unspecified atom stereocenters. The summed E-state index contributed by atoms with van der Waals surface area (Å²) in [6.07, 6.45) is 3.49. The summed E-state index contributed by atoms with van der Waals surface area (Å²) < 4.78 is 15.3. The van der Waals surface area contributed by atoms with E-state index in [0.29, 0.717) is 18.5 Å². The molecule has 0 bridgehead atoms. The van der Waals surface area contributed by atoms with Crippen LogP contribution in [-0.2, 0) is 23.7 Å². The van der Waals surface area contributed by atoms with Crippen LogP contribution in [0, 0.1) is 5.82 Å². The Kier molecular flexibility index (Phi) is 4.23. The number of benzene rings is 2. The minimum atomic E-state index is -0.378. The number of amides is 1. The van der Waals surface area contributed by atoms with E-state index in [4.69, 9.17) is 0 Å². The predicted octanol–water partition coefficient (Wildman–Crippen LogP) is 3.49. The first kappa shape index (κ1) is 16.8. The van der Waals surface area contributed by atoms with Crippen molar-refractivity contribution in [1.82, 2.24) is 14.9 Å². The van der Waals surface area contributed by atoms with Crippen molar-refractivity contribution in [2.75, 3.05) is 6.54 Å². The van der Waals surface area contributed by atoms with E-state index in [2.05, 4.69) is 10.3 Å². The van der Waals surface area contributed by atoms with Crippen LogP contribution < -0.4 is 5.32 Å². The minimum Gasteiger partial charge on any atom is -0.355 e. The normalized spacial score (nSPS) is 15.6. The van der Waals surface area contributed by atoms with E-state index >= 15 is 0 Å². The number of hydrogen-bond acceptors (Lipinski definition) is 2. The van der Waals surface area contributed by atoms with Crippen molar-refractivity contribution in [2.24, 2.45) is 7.05 Å². The zero-order chi connectivity index (χ0) is 18.1. The van der Waals surface area contributed by atoms with Gasteiger partial charge in [0, 0.05) is 26.1 Å². The third kappa shape index (κ3) is 2.77. The largest absolute Gasteiger partial charge is 0.355 e. The average molecular weight is 351 g/mol. The van der Waals surface area contributed by atoms with Crippen LogP contribution in [0.25, 0.3) is 11.0 Å². The molecule has 3 aromatic rings.